The lowest BCUT2D eigenvalue weighted by atomic mass is 10.2. The SMILES string of the molecule is CN=C(F)C(C(=O)Nc1ccccc1Oc1ccc(Cl)cc1I)=C(C)N. The van der Waals surface area contributed by atoms with Crippen molar-refractivity contribution in [3.05, 3.63) is 62.3 Å². The maximum Gasteiger partial charge on any atom is 0.262 e. The Hall–Kier alpha value is -2.13. The molecule has 2 rings (SSSR count). The third-order valence-corrected chi connectivity index (χ3v) is 4.35. The van der Waals surface area contributed by atoms with Gasteiger partial charge < -0.3 is 15.8 Å². The topological polar surface area (TPSA) is 76.7 Å². The number of benzene rings is 2. The quantitative estimate of drug-likeness (QED) is 0.358. The standard InChI is InChI=1S/C18H16ClFIN3O2/c1-10(22)16(17(20)23-2)18(25)24-13-5-3-4-6-15(13)26-14-8-7-11(19)9-12(14)21/h3-9H,22H2,1-2H3,(H,24,25). The van der Waals surface area contributed by atoms with E-state index in [0.717, 1.165) is 3.57 Å². The van der Waals surface area contributed by atoms with E-state index in [2.05, 4.69) is 32.9 Å². The monoisotopic (exact) mass is 487 g/mol. The average Bonchev–Trinajstić information content (AvgIpc) is 2.58. The van der Waals surface area contributed by atoms with E-state index in [1.165, 1.54) is 14.0 Å². The minimum atomic E-state index is -0.937. The molecule has 0 unspecified atom stereocenters. The molecule has 0 fully saturated rings. The summed E-state index contributed by atoms with van der Waals surface area (Å²) in [6.45, 7) is 1.43. The first-order chi connectivity index (χ1) is 12.3. The highest BCUT2D eigenvalue weighted by atomic mass is 127. The molecule has 0 saturated heterocycles. The molecule has 136 valence electrons. The van der Waals surface area contributed by atoms with E-state index < -0.39 is 11.9 Å². The van der Waals surface area contributed by atoms with Gasteiger partial charge in [-0.1, -0.05) is 23.7 Å². The van der Waals surface area contributed by atoms with Crippen molar-refractivity contribution in [2.24, 2.45) is 10.7 Å². The van der Waals surface area contributed by atoms with E-state index in [4.69, 9.17) is 22.1 Å². The van der Waals surface area contributed by atoms with Crippen LogP contribution in [0, 0.1) is 3.57 Å². The van der Waals surface area contributed by atoms with Gasteiger partial charge in [-0.3, -0.25) is 9.79 Å². The number of nitrogens with zero attached hydrogens (tertiary/aromatic N) is 1. The molecule has 0 spiro atoms. The van der Waals surface area contributed by atoms with Gasteiger partial charge in [0.2, 0.25) is 5.97 Å². The van der Waals surface area contributed by atoms with Crippen LogP contribution in [-0.4, -0.2) is 18.9 Å². The van der Waals surface area contributed by atoms with Crippen molar-refractivity contribution >= 4 is 51.8 Å². The molecule has 0 aromatic heterocycles. The highest BCUT2D eigenvalue weighted by molar-refractivity contribution is 14.1. The molecule has 0 aliphatic heterocycles. The Labute approximate surface area is 169 Å². The zero-order valence-corrected chi connectivity index (χ0v) is 16.9. The van der Waals surface area contributed by atoms with Crippen LogP contribution in [0.25, 0.3) is 0 Å². The molecule has 0 bridgehead atoms. The van der Waals surface area contributed by atoms with E-state index in [-0.39, 0.29) is 11.3 Å². The number of aliphatic imine (C=N–C) groups is 1. The molecule has 8 heteroatoms. The maximum absolute atomic E-state index is 13.8. The molecule has 0 atom stereocenters. The Morgan fingerprint density at radius 3 is 2.58 bits per heavy atom. The summed E-state index contributed by atoms with van der Waals surface area (Å²) >= 11 is 8.04. The zero-order valence-electron chi connectivity index (χ0n) is 14.0. The molecular weight excluding hydrogens is 472 g/mol. The van der Waals surface area contributed by atoms with Gasteiger partial charge in [0.25, 0.3) is 5.91 Å². The van der Waals surface area contributed by atoms with Gasteiger partial charge in [0.15, 0.2) is 5.75 Å². The van der Waals surface area contributed by atoms with Gasteiger partial charge in [0, 0.05) is 17.8 Å². The number of nitrogens with one attached hydrogen (secondary N) is 1. The average molecular weight is 488 g/mol. The number of nitrogens with two attached hydrogens (primary N) is 1. The molecule has 0 saturated carbocycles. The van der Waals surface area contributed by atoms with Gasteiger partial charge in [-0.25, -0.2) is 0 Å². The van der Waals surface area contributed by atoms with Crippen LogP contribution in [0.4, 0.5) is 10.1 Å². The number of anilines is 1. The number of hydrogen-bond donors (Lipinski definition) is 2. The number of halogens is 3. The van der Waals surface area contributed by atoms with Crippen molar-refractivity contribution in [3.63, 3.8) is 0 Å². The second kappa shape index (κ2) is 9.00. The number of ether oxygens (including phenoxy) is 1. The molecule has 0 aliphatic carbocycles. The summed E-state index contributed by atoms with van der Waals surface area (Å²) in [6.07, 6.45) is 0. The second-order valence-electron chi connectivity index (χ2n) is 5.20. The van der Waals surface area contributed by atoms with Gasteiger partial charge in [-0.05, 0) is 59.8 Å². The first-order valence-corrected chi connectivity index (χ1v) is 8.91. The summed E-state index contributed by atoms with van der Waals surface area (Å²) in [7, 11) is 1.24. The minimum Gasteiger partial charge on any atom is -0.454 e. The predicted octanol–water partition coefficient (Wildman–Crippen LogP) is 4.91. The predicted molar refractivity (Wildman–Crippen MR) is 111 cm³/mol. The molecule has 26 heavy (non-hydrogen) atoms. The highest BCUT2D eigenvalue weighted by Crippen LogP contribution is 2.33. The number of para-hydroxylation sites is 2. The van der Waals surface area contributed by atoms with Gasteiger partial charge in [-0.15, -0.1) is 0 Å². The Morgan fingerprint density at radius 1 is 1.27 bits per heavy atom. The van der Waals surface area contributed by atoms with Crippen LogP contribution >= 0.6 is 34.2 Å². The Balaban J connectivity index is 2.32. The van der Waals surface area contributed by atoms with Crippen molar-refractivity contribution in [1.82, 2.24) is 0 Å². The van der Waals surface area contributed by atoms with E-state index in [1.807, 2.05) is 0 Å². The van der Waals surface area contributed by atoms with Crippen molar-refractivity contribution in [3.8, 4) is 11.5 Å². The summed E-state index contributed by atoms with van der Waals surface area (Å²) in [6, 6.07) is 12.0. The first kappa shape index (κ1) is 20.2. The fraction of sp³-hybridized carbons (Fsp3) is 0.111. The van der Waals surface area contributed by atoms with Crippen LogP contribution in [0.1, 0.15) is 6.92 Å². The molecule has 0 radical (unpaired) electrons. The maximum atomic E-state index is 13.8. The summed E-state index contributed by atoms with van der Waals surface area (Å²) in [5, 5.41) is 3.20. The normalized spacial score (nSPS) is 12.4. The number of rotatable bonds is 5. The summed E-state index contributed by atoms with van der Waals surface area (Å²) in [5.41, 5.74) is 5.69. The van der Waals surface area contributed by atoms with Crippen LogP contribution in [-0.2, 0) is 4.79 Å². The summed E-state index contributed by atoms with van der Waals surface area (Å²) in [4.78, 5) is 15.8. The van der Waals surface area contributed by atoms with Crippen LogP contribution < -0.4 is 15.8 Å². The van der Waals surface area contributed by atoms with Crippen molar-refractivity contribution in [1.29, 1.82) is 0 Å². The van der Waals surface area contributed by atoms with Gasteiger partial charge in [-0.2, -0.15) is 4.39 Å². The molecule has 2 aromatic carbocycles. The minimum absolute atomic E-state index is 0.0243. The third kappa shape index (κ3) is 4.95. The molecule has 1 amide bonds. The van der Waals surface area contributed by atoms with Gasteiger partial charge in [0.1, 0.15) is 11.3 Å². The van der Waals surface area contributed by atoms with Gasteiger partial charge >= 0.3 is 0 Å². The molecule has 2 aromatic rings. The van der Waals surface area contributed by atoms with Crippen LogP contribution in [0.15, 0.2) is 58.7 Å². The van der Waals surface area contributed by atoms with Crippen LogP contribution in [0.2, 0.25) is 5.02 Å². The van der Waals surface area contributed by atoms with Crippen LogP contribution in [0.3, 0.4) is 0 Å². The first-order valence-electron chi connectivity index (χ1n) is 7.45. The molecule has 0 heterocycles. The number of carbonyl (C=O) groups excluding carboxylic acids is 1. The highest BCUT2D eigenvalue weighted by Gasteiger charge is 2.20. The molecular formula is C18H16ClFIN3O2. The Bertz CT molecular complexity index is 896. The lowest BCUT2D eigenvalue weighted by molar-refractivity contribution is -0.112. The zero-order chi connectivity index (χ0) is 19.3. The fourth-order valence-electron chi connectivity index (χ4n) is 2.07. The number of allylic oxidation sites excluding steroid dienone is 1. The van der Waals surface area contributed by atoms with Crippen molar-refractivity contribution < 1.29 is 13.9 Å². The van der Waals surface area contributed by atoms with Gasteiger partial charge in [0.05, 0.1) is 9.26 Å². The van der Waals surface area contributed by atoms with Crippen LogP contribution in [0.5, 0.6) is 11.5 Å². The number of hydrogen-bond acceptors (Lipinski definition) is 4. The van der Waals surface area contributed by atoms with Crippen molar-refractivity contribution in [2.75, 3.05) is 12.4 Å². The lowest BCUT2D eigenvalue weighted by Gasteiger charge is -2.14. The number of carbonyl (C=O) groups is 1. The molecule has 3 N–H and O–H groups in total. The molecule has 0 aliphatic rings. The lowest BCUT2D eigenvalue weighted by Crippen LogP contribution is -2.22. The summed E-state index contributed by atoms with van der Waals surface area (Å²) < 4.78 is 20.5. The fourth-order valence-corrected chi connectivity index (χ4v) is 3.05. The number of amides is 1. The van der Waals surface area contributed by atoms with E-state index in [1.54, 1.807) is 42.5 Å². The Kier molecular flexibility index (Phi) is 6.98. The Morgan fingerprint density at radius 2 is 1.96 bits per heavy atom. The van der Waals surface area contributed by atoms with E-state index in [9.17, 15) is 9.18 Å². The second-order valence-corrected chi connectivity index (χ2v) is 6.80. The third-order valence-electron chi connectivity index (χ3n) is 3.27. The molecule has 5 nitrogen and oxygen atoms in total. The van der Waals surface area contributed by atoms with E-state index >= 15 is 0 Å². The van der Waals surface area contributed by atoms with E-state index in [0.29, 0.717) is 22.2 Å². The largest absolute Gasteiger partial charge is 0.454 e. The smallest absolute Gasteiger partial charge is 0.262 e. The summed E-state index contributed by atoms with van der Waals surface area (Å²) in [5.74, 6) is -0.684. The van der Waals surface area contributed by atoms with Crippen molar-refractivity contribution in [2.45, 2.75) is 6.92 Å².